The van der Waals surface area contributed by atoms with Gasteiger partial charge >= 0.3 is 0 Å². The van der Waals surface area contributed by atoms with Gasteiger partial charge < -0.3 is 19.9 Å². The van der Waals surface area contributed by atoms with E-state index in [4.69, 9.17) is 9.47 Å². The van der Waals surface area contributed by atoms with Gasteiger partial charge in [0.2, 0.25) is 0 Å². The minimum atomic E-state index is -0.676. The van der Waals surface area contributed by atoms with Crippen LogP contribution in [0.25, 0.3) is 0 Å². The molecule has 0 amide bonds. The van der Waals surface area contributed by atoms with Gasteiger partial charge in [0.05, 0.1) is 20.3 Å². The average molecular weight is 287 g/mol. The lowest BCUT2D eigenvalue weighted by Gasteiger charge is -2.34. The second kappa shape index (κ2) is 7.11. The molecule has 0 aliphatic carbocycles. The van der Waals surface area contributed by atoms with E-state index < -0.39 is 5.54 Å². The third kappa shape index (κ3) is 3.54. The van der Waals surface area contributed by atoms with Gasteiger partial charge in [0.15, 0.2) is 0 Å². The summed E-state index contributed by atoms with van der Waals surface area (Å²) in [5, 5.41) is 13.3. The molecule has 112 valence electrons. The average Bonchev–Trinajstić information content (AvgIpc) is 2.56. The molecule has 1 unspecified atom stereocenters. The summed E-state index contributed by atoms with van der Waals surface area (Å²) in [5.74, 6) is 0.793. The van der Waals surface area contributed by atoms with Crippen LogP contribution >= 0.6 is 0 Å². The summed E-state index contributed by atoms with van der Waals surface area (Å²) in [4.78, 5) is 0. The zero-order chi connectivity index (χ0) is 15.1. The van der Waals surface area contributed by atoms with Gasteiger partial charge in [-0.3, -0.25) is 0 Å². The lowest BCUT2D eigenvalue weighted by atomic mass is 9.91. The Bertz CT molecular complexity index is 542. The van der Waals surface area contributed by atoms with E-state index in [-0.39, 0.29) is 6.61 Å². The van der Waals surface area contributed by atoms with Crippen molar-refractivity contribution in [2.45, 2.75) is 5.54 Å². The summed E-state index contributed by atoms with van der Waals surface area (Å²) >= 11 is 0. The van der Waals surface area contributed by atoms with Crippen LogP contribution in [0.3, 0.4) is 0 Å². The summed E-state index contributed by atoms with van der Waals surface area (Å²) in [6, 6.07) is 17.4. The first-order valence-electron chi connectivity index (χ1n) is 6.81. The van der Waals surface area contributed by atoms with E-state index in [2.05, 4.69) is 5.32 Å². The highest BCUT2D eigenvalue weighted by molar-refractivity contribution is 5.50. The highest BCUT2D eigenvalue weighted by Gasteiger charge is 2.31. The van der Waals surface area contributed by atoms with Gasteiger partial charge in [0, 0.05) is 12.8 Å². The molecule has 0 aliphatic heterocycles. The Morgan fingerprint density at radius 3 is 2.19 bits per heavy atom. The Hall–Kier alpha value is -2.04. The van der Waals surface area contributed by atoms with Crippen molar-refractivity contribution in [3.63, 3.8) is 0 Å². The van der Waals surface area contributed by atoms with Gasteiger partial charge in [-0.15, -0.1) is 0 Å². The number of hydrogen-bond donors (Lipinski definition) is 2. The predicted octanol–water partition coefficient (Wildman–Crippen LogP) is 2.64. The number of ether oxygens (including phenoxy) is 2. The van der Waals surface area contributed by atoms with E-state index in [0.29, 0.717) is 6.61 Å². The molecule has 21 heavy (non-hydrogen) atoms. The van der Waals surface area contributed by atoms with Crippen molar-refractivity contribution in [2.24, 2.45) is 0 Å². The van der Waals surface area contributed by atoms with Crippen LogP contribution in [0.5, 0.6) is 5.75 Å². The predicted molar refractivity (Wildman–Crippen MR) is 83.7 cm³/mol. The first kappa shape index (κ1) is 15.4. The SMILES string of the molecule is COCC(CO)(Nc1ccc(OC)cc1)c1ccccc1. The molecule has 2 aromatic carbocycles. The number of aliphatic hydroxyl groups excluding tert-OH is 1. The Morgan fingerprint density at radius 2 is 1.67 bits per heavy atom. The summed E-state index contributed by atoms with van der Waals surface area (Å²) in [7, 11) is 3.26. The Kier molecular flexibility index (Phi) is 5.20. The molecule has 2 rings (SSSR count). The minimum absolute atomic E-state index is 0.0725. The Labute approximate surface area is 125 Å². The smallest absolute Gasteiger partial charge is 0.119 e. The fraction of sp³-hybridized carbons (Fsp3) is 0.294. The topological polar surface area (TPSA) is 50.7 Å². The molecule has 4 heteroatoms. The van der Waals surface area contributed by atoms with Crippen molar-refractivity contribution in [3.05, 3.63) is 60.2 Å². The van der Waals surface area contributed by atoms with Crippen LogP contribution in [-0.4, -0.2) is 32.5 Å². The van der Waals surface area contributed by atoms with E-state index in [1.165, 1.54) is 0 Å². The van der Waals surface area contributed by atoms with Gasteiger partial charge in [-0.25, -0.2) is 0 Å². The fourth-order valence-corrected chi connectivity index (χ4v) is 2.32. The van der Waals surface area contributed by atoms with Gasteiger partial charge in [0.1, 0.15) is 11.3 Å². The number of rotatable bonds is 7. The maximum absolute atomic E-state index is 9.96. The van der Waals surface area contributed by atoms with Gasteiger partial charge in [0.25, 0.3) is 0 Å². The van der Waals surface area contributed by atoms with E-state index in [1.807, 2.05) is 54.6 Å². The molecular weight excluding hydrogens is 266 g/mol. The van der Waals surface area contributed by atoms with Crippen molar-refractivity contribution in [1.29, 1.82) is 0 Å². The van der Waals surface area contributed by atoms with Crippen LogP contribution in [0.15, 0.2) is 54.6 Å². The molecule has 0 saturated heterocycles. The van der Waals surface area contributed by atoms with Crippen LogP contribution in [0.2, 0.25) is 0 Å². The standard InChI is InChI=1S/C17H21NO3/c1-20-13-17(12-19,14-6-4-3-5-7-14)18-15-8-10-16(21-2)11-9-15/h3-11,18-19H,12-13H2,1-2H3. The number of aliphatic hydroxyl groups is 1. The molecule has 0 aliphatic rings. The van der Waals surface area contributed by atoms with Crippen molar-refractivity contribution in [1.82, 2.24) is 0 Å². The van der Waals surface area contributed by atoms with Gasteiger partial charge in [-0.2, -0.15) is 0 Å². The number of hydrogen-bond acceptors (Lipinski definition) is 4. The van der Waals surface area contributed by atoms with Crippen LogP contribution in [-0.2, 0) is 10.3 Å². The third-order valence-corrected chi connectivity index (χ3v) is 3.46. The summed E-state index contributed by atoms with van der Waals surface area (Å²) in [6.07, 6.45) is 0. The molecule has 0 fully saturated rings. The molecule has 2 aromatic rings. The Morgan fingerprint density at radius 1 is 1.00 bits per heavy atom. The van der Waals surface area contributed by atoms with E-state index in [9.17, 15) is 5.11 Å². The molecule has 2 N–H and O–H groups in total. The second-order valence-electron chi connectivity index (χ2n) is 4.89. The number of nitrogens with one attached hydrogen (secondary N) is 1. The highest BCUT2D eigenvalue weighted by Crippen LogP contribution is 2.27. The molecule has 0 bridgehead atoms. The molecule has 0 heterocycles. The maximum atomic E-state index is 9.96. The molecular formula is C17H21NO3. The van der Waals surface area contributed by atoms with Gasteiger partial charge in [-0.1, -0.05) is 30.3 Å². The normalized spacial score (nSPS) is 13.5. The molecule has 0 saturated carbocycles. The molecule has 0 radical (unpaired) electrons. The fourth-order valence-electron chi connectivity index (χ4n) is 2.32. The second-order valence-corrected chi connectivity index (χ2v) is 4.89. The number of benzene rings is 2. The van der Waals surface area contributed by atoms with Gasteiger partial charge in [-0.05, 0) is 29.8 Å². The van der Waals surface area contributed by atoms with Crippen molar-refractivity contribution >= 4 is 5.69 Å². The van der Waals surface area contributed by atoms with Crippen LogP contribution in [0.4, 0.5) is 5.69 Å². The first-order chi connectivity index (χ1) is 10.2. The molecule has 0 spiro atoms. The summed E-state index contributed by atoms with van der Waals surface area (Å²) in [6.45, 7) is 0.288. The maximum Gasteiger partial charge on any atom is 0.119 e. The lowest BCUT2D eigenvalue weighted by molar-refractivity contribution is 0.0978. The number of anilines is 1. The van der Waals surface area contributed by atoms with Crippen molar-refractivity contribution in [2.75, 3.05) is 32.8 Å². The first-order valence-corrected chi connectivity index (χ1v) is 6.81. The van der Waals surface area contributed by atoms with Crippen LogP contribution in [0, 0.1) is 0 Å². The molecule has 0 aromatic heterocycles. The monoisotopic (exact) mass is 287 g/mol. The summed E-state index contributed by atoms with van der Waals surface area (Å²) in [5.41, 5.74) is 1.20. The van der Waals surface area contributed by atoms with E-state index in [0.717, 1.165) is 17.0 Å². The van der Waals surface area contributed by atoms with Crippen molar-refractivity contribution < 1.29 is 14.6 Å². The molecule has 4 nitrogen and oxygen atoms in total. The minimum Gasteiger partial charge on any atom is -0.497 e. The lowest BCUT2D eigenvalue weighted by Crippen LogP contribution is -2.43. The highest BCUT2D eigenvalue weighted by atomic mass is 16.5. The van der Waals surface area contributed by atoms with Crippen LogP contribution in [0.1, 0.15) is 5.56 Å². The largest absolute Gasteiger partial charge is 0.497 e. The Balaban J connectivity index is 2.31. The zero-order valence-electron chi connectivity index (χ0n) is 12.4. The molecule has 1 atom stereocenters. The van der Waals surface area contributed by atoms with Crippen molar-refractivity contribution in [3.8, 4) is 5.75 Å². The quantitative estimate of drug-likeness (QED) is 0.822. The van der Waals surface area contributed by atoms with Crippen LogP contribution < -0.4 is 10.1 Å². The van der Waals surface area contributed by atoms with E-state index in [1.54, 1.807) is 14.2 Å². The third-order valence-electron chi connectivity index (χ3n) is 3.46. The summed E-state index contributed by atoms with van der Waals surface area (Å²) < 4.78 is 10.5. The number of methoxy groups -OCH3 is 2. The van der Waals surface area contributed by atoms with E-state index >= 15 is 0 Å². The zero-order valence-corrected chi connectivity index (χ0v) is 12.4.